The van der Waals surface area contributed by atoms with Crippen molar-refractivity contribution >= 4 is 17.9 Å². The van der Waals surface area contributed by atoms with E-state index in [1.54, 1.807) is 27.8 Å². The van der Waals surface area contributed by atoms with Gasteiger partial charge in [0.05, 0.1) is 0 Å². The van der Waals surface area contributed by atoms with Crippen LogP contribution in [0.2, 0.25) is 0 Å². The molecule has 0 radical (unpaired) electrons. The first-order chi connectivity index (χ1) is 16.8. The topological polar surface area (TPSA) is 87.7 Å². The van der Waals surface area contributed by atoms with E-state index in [1.165, 1.54) is 4.90 Å². The highest BCUT2D eigenvalue weighted by Gasteiger charge is 2.35. The van der Waals surface area contributed by atoms with Gasteiger partial charge in [-0.1, -0.05) is 62.4 Å². The third-order valence-corrected chi connectivity index (χ3v) is 5.93. The Balaban J connectivity index is 2.37. The Bertz CT molecular complexity index is 1040. The molecule has 196 valence electrons. The van der Waals surface area contributed by atoms with E-state index in [9.17, 15) is 14.4 Å². The SMILES string of the molecule is Cc1cccc(C(C(=O)NCc2ccccc2)N(C)C(=O)C(CC(C)C)NC(=O)OC(C)(C)C)c1C. The lowest BCUT2D eigenvalue weighted by Crippen LogP contribution is -2.52. The summed E-state index contributed by atoms with van der Waals surface area (Å²) in [7, 11) is 1.61. The van der Waals surface area contributed by atoms with Gasteiger partial charge in [0.25, 0.3) is 0 Å². The molecule has 2 aromatic carbocycles. The predicted molar refractivity (Wildman–Crippen MR) is 142 cm³/mol. The van der Waals surface area contributed by atoms with Crippen molar-refractivity contribution in [2.75, 3.05) is 7.05 Å². The molecule has 0 saturated carbocycles. The maximum atomic E-state index is 13.7. The highest BCUT2D eigenvalue weighted by molar-refractivity contribution is 5.92. The van der Waals surface area contributed by atoms with Gasteiger partial charge in [-0.2, -0.15) is 0 Å². The van der Waals surface area contributed by atoms with Crippen molar-refractivity contribution in [3.8, 4) is 0 Å². The molecular formula is C29H41N3O4. The van der Waals surface area contributed by atoms with E-state index in [-0.39, 0.29) is 17.7 Å². The van der Waals surface area contributed by atoms with Crippen LogP contribution in [0.4, 0.5) is 4.79 Å². The van der Waals surface area contributed by atoms with Crippen LogP contribution in [0, 0.1) is 19.8 Å². The third-order valence-electron chi connectivity index (χ3n) is 5.93. The van der Waals surface area contributed by atoms with E-state index in [4.69, 9.17) is 4.74 Å². The summed E-state index contributed by atoms with van der Waals surface area (Å²) in [5, 5.41) is 5.72. The summed E-state index contributed by atoms with van der Waals surface area (Å²) in [5.41, 5.74) is 2.98. The third kappa shape index (κ3) is 8.40. The number of nitrogens with zero attached hydrogens (tertiary/aromatic N) is 1. The molecule has 0 heterocycles. The van der Waals surface area contributed by atoms with E-state index in [1.807, 2.05) is 76.2 Å². The van der Waals surface area contributed by atoms with Gasteiger partial charge in [0, 0.05) is 13.6 Å². The molecule has 0 aromatic heterocycles. The van der Waals surface area contributed by atoms with Crippen LogP contribution in [0.3, 0.4) is 0 Å². The molecule has 0 aliphatic heterocycles. The van der Waals surface area contributed by atoms with Crippen molar-refractivity contribution in [3.63, 3.8) is 0 Å². The second kappa shape index (κ2) is 12.6. The smallest absolute Gasteiger partial charge is 0.408 e. The molecule has 0 spiro atoms. The number of hydrogen-bond donors (Lipinski definition) is 2. The molecule has 3 amide bonds. The van der Waals surface area contributed by atoms with Crippen molar-refractivity contribution in [2.45, 2.75) is 79.1 Å². The van der Waals surface area contributed by atoms with Crippen molar-refractivity contribution in [1.82, 2.24) is 15.5 Å². The minimum absolute atomic E-state index is 0.133. The van der Waals surface area contributed by atoms with Crippen molar-refractivity contribution < 1.29 is 19.1 Å². The number of carbonyl (C=O) groups is 3. The number of rotatable bonds is 9. The predicted octanol–water partition coefficient (Wildman–Crippen LogP) is 5.06. The summed E-state index contributed by atoms with van der Waals surface area (Å²) in [6, 6.07) is 13.7. The number of nitrogens with one attached hydrogen (secondary N) is 2. The Hall–Kier alpha value is -3.35. The molecule has 0 fully saturated rings. The average Bonchev–Trinajstić information content (AvgIpc) is 2.78. The Morgan fingerprint density at radius 1 is 0.972 bits per heavy atom. The molecule has 0 aliphatic rings. The van der Waals surface area contributed by atoms with Gasteiger partial charge in [0.2, 0.25) is 11.8 Å². The zero-order valence-corrected chi connectivity index (χ0v) is 22.8. The fourth-order valence-corrected chi connectivity index (χ4v) is 3.99. The molecule has 2 rings (SSSR count). The lowest BCUT2D eigenvalue weighted by Gasteiger charge is -2.33. The fourth-order valence-electron chi connectivity index (χ4n) is 3.99. The minimum Gasteiger partial charge on any atom is -0.444 e. The second-order valence-corrected chi connectivity index (χ2v) is 10.7. The van der Waals surface area contributed by atoms with Crippen LogP contribution in [0.15, 0.2) is 48.5 Å². The van der Waals surface area contributed by atoms with Gasteiger partial charge in [0.1, 0.15) is 17.7 Å². The second-order valence-electron chi connectivity index (χ2n) is 10.7. The minimum atomic E-state index is -0.865. The molecule has 0 saturated heterocycles. The van der Waals surface area contributed by atoms with Crippen molar-refractivity contribution in [2.24, 2.45) is 5.92 Å². The number of benzene rings is 2. The van der Waals surface area contributed by atoms with Gasteiger partial charge in [-0.25, -0.2) is 4.79 Å². The summed E-state index contributed by atoms with van der Waals surface area (Å²) in [6.45, 7) is 13.5. The van der Waals surface area contributed by atoms with Crippen molar-refractivity contribution in [1.29, 1.82) is 0 Å². The molecule has 2 atom stereocenters. The zero-order valence-electron chi connectivity index (χ0n) is 22.8. The summed E-state index contributed by atoms with van der Waals surface area (Å²) in [4.78, 5) is 41.3. The van der Waals surface area contributed by atoms with Crippen LogP contribution in [0.1, 0.15) is 69.3 Å². The van der Waals surface area contributed by atoms with Crippen LogP contribution in [0.25, 0.3) is 0 Å². The number of carbonyl (C=O) groups excluding carboxylic acids is 3. The van der Waals surface area contributed by atoms with Crippen LogP contribution in [-0.4, -0.2) is 41.5 Å². The molecule has 0 aliphatic carbocycles. The van der Waals surface area contributed by atoms with Gasteiger partial charge in [-0.05, 0) is 69.2 Å². The van der Waals surface area contributed by atoms with Gasteiger partial charge in [0.15, 0.2) is 0 Å². The molecule has 2 unspecified atom stereocenters. The van der Waals surface area contributed by atoms with Crippen LogP contribution < -0.4 is 10.6 Å². The number of likely N-dealkylation sites (N-methyl/N-ethyl adjacent to an activating group) is 1. The number of ether oxygens (including phenoxy) is 1. The lowest BCUT2D eigenvalue weighted by molar-refractivity contribution is -0.141. The average molecular weight is 496 g/mol. The van der Waals surface area contributed by atoms with E-state index < -0.39 is 23.8 Å². The summed E-state index contributed by atoms with van der Waals surface area (Å²) in [5.74, 6) is -0.507. The zero-order chi connectivity index (χ0) is 27.0. The van der Waals surface area contributed by atoms with Crippen LogP contribution >= 0.6 is 0 Å². The van der Waals surface area contributed by atoms with E-state index in [2.05, 4.69) is 10.6 Å². The standard InChI is InChI=1S/C29H41N3O4/c1-19(2)17-24(31-28(35)36-29(5,6)7)27(34)32(8)25(23-16-12-13-20(3)21(23)4)26(33)30-18-22-14-10-9-11-15-22/h9-16,19,24-25H,17-18H2,1-8H3,(H,30,33)(H,31,35). The van der Waals surface area contributed by atoms with Crippen LogP contribution in [-0.2, 0) is 20.9 Å². The molecule has 2 N–H and O–H groups in total. The van der Waals surface area contributed by atoms with Crippen LogP contribution in [0.5, 0.6) is 0 Å². The maximum Gasteiger partial charge on any atom is 0.408 e. The highest BCUT2D eigenvalue weighted by Crippen LogP contribution is 2.27. The molecule has 0 bridgehead atoms. The Morgan fingerprint density at radius 3 is 2.19 bits per heavy atom. The molecular weight excluding hydrogens is 454 g/mol. The summed E-state index contributed by atoms with van der Waals surface area (Å²) < 4.78 is 5.39. The molecule has 2 aromatic rings. The lowest BCUT2D eigenvalue weighted by atomic mass is 9.94. The van der Waals surface area contributed by atoms with Crippen molar-refractivity contribution in [3.05, 3.63) is 70.8 Å². The Morgan fingerprint density at radius 2 is 1.61 bits per heavy atom. The van der Waals surface area contributed by atoms with Gasteiger partial charge in [-0.3, -0.25) is 9.59 Å². The quantitative estimate of drug-likeness (QED) is 0.509. The number of alkyl carbamates (subject to hydrolysis) is 1. The monoisotopic (exact) mass is 495 g/mol. The first kappa shape index (κ1) is 28.9. The molecule has 7 nitrogen and oxygen atoms in total. The number of aryl methyl sites for hydroxylation is 1. The van der Waals surface area contributed by atoms with Gasteiger partial charge in [-0.15, -0.1) is 0 Å². The van der Waals surface area contributed by atoms with E-state index in [0.29, 0.717) is 13.0 Å². The summed E-state index contributed by atoms with van der Waals surface area (Å²) in [6.07, 6.45) is -0.250. The first-order valence-corrected chi connectivity index (χ1v) is 12.4. The Kier molecular flexibility index (Phi) is 10.1. The van der Waals surface area contributed by atoms with E-state index >= 15 is 0 Å². The molecule has 36 heavy (non-hydrogen) atoms. The Labute approximate surface area is 215 Å². The highest BCUT2D eigenvalue weighted by atomic mass is 16.6. The largest absolute Gasteiger partial charge is 0.444 e. The normalized spacial score (nSPS) is 13.0. The molecule has 7 heteroatoms. The fraction of sp³-hybridized carbons (Fsp3) is 0.483. The first-order valence-electron chi connectivity index (χ1n) is 12.4. The number of hydrogen-bond acceptors (Lipinski definition) is 4. The van der Waals surface area contributed by atoms with Gasteiger partial charge < -0.3 is 20.3 Å². The van der Waals surface area contributed by atoms with Gasteiger partial charge >= 0.3 is 6.09 Å². The number of amides is 3. The maximum absolute atomic E-state index is 13.7. The van der Waals surface area contributed by atoms with E-state index in [0.717, 1.165) is 22.3 Å². The summed E-state index contributed by atoms with van der Waals surface area (Å²) >= 11 is 0.